The van der Waals surface area contributed by atoms with Gasteiger partial charge in [-0.15, -0.1) is 0 Å². The number of anilines is 1. The van der Waals surface area contributed by atoms with Gasteiger partial charge in [0, 0.05) is 26.4 Å². The number of amides is 1. The number of hydrogen-bond donors (Lipinski definition) is 1. The smallest absolute Gasteiger partial charge is 0.250 e. The maximum Gasteiger partial charge on any atom is 0.250 e. The Labute approximate surface area is 113 Å². The van der Waals surface area contributed by atoms with Gasteiger partial charge >= 0.3 is 0 Å². The molecule has 1 aromatic rings. The second kappa shape index (κ2) is 6.65. The van der Waals surface area contributed by atoms with Crippen LogP contribution in [0.2, 0.25) is 0 Å². The van der Waals surface area contributed by atoms with E-state index in [1.165, 1.54) is 26.2 Å². The predicted octanol–water partition coefficient (Wildman–Crippen LogP) is 0.912. The van der Waals surface area contributed by atoms with Gasteiger partial charge in [0.1, 0.15) is 6.61 Å². The van der Waals surface area contributed by atoms with Crippen molar-refractivity contribution >= 4 is 21.6 Å². The van der Waals surface area contributed by atoms with E-state index in [0.29, 0.717) is 12.3 Å². The highest BCUT2D eigenvalue weighted by molar-refractivity contribution is 7.89. The number of nitrogens with one attached hydrogen (secondary N) is 1. The Morgan fingerprint density at radius 1 is 1.26 bits per heavy atom. The van der Waals surface area contributed by atoms with Crippen LogP contribution in [-0.2, 0) is 19.6 Å². The molecule has 0 radical (unpaired) electrons. The van der Waals surface area contributed by atoms with Gasteiger partial charge in [-0.05, 0) is 31.2 Å². The van der Waals surface area contributed by atoms with E-state index in [9.17, 15) is 13.2 Å². The molecule has 0 unspecified atom stereocenters. The van der Waals surface area contributed by atoms with Crippen molar-refractivity contribution in [2.45, 2.75) is 11.8 Å². The molecule has 7 heteroatoms. The average Bonchev–Trinajstić information content (AvgIpc) is 2.36. The van der Waals surface area contributed by atoms with E-state index in [1.54, 1.807) is 19.1 Å². The van der Waals surface area contributed by atoms with Crippen molar-refractivity contribution in [3.8, 4) is 0 Å². The molecular weight excluding hydrogens is 268 g/mol. The van der Waals surface area contributed by atoms with Crippen LogP contribution in [0.3, 0.4) is 0 Å². The highest BCUT2D eigenvalue weighted by Crippen LogP contribution is 2.16. The van der Waals surface area contributed by atoms with E-state index in [2.05, 4.69) is 5.32 Å². The van der Waals surface area contributed by atoms with Gasteiger partial charge in [0.25, 0.3) is 0 Å². The topological polar surface area (TPSA) is 75.7 Å². The zero-order chi connectivity index (χ0) is 14.5. The zero-order valence-corrected chi connectivity index (χ0v) is 12.0. The lowest BCUT2D eigenvalue weighted by molar-refractivity contribution is -0.120. The van der Waals surface area contributed by atoms with Gasteiger partial charge in [0.2, 0.25) is 15.9 Å². The van der Waals surface area contributed by atoms with Gasteiger partial charge in [-0.25, -0.2) is 12.7 Å². The van der Waals surface area contributed by atoms with Crippen molar-refractivity contribution < 1.29 is 17.9 Å². The maximum absolute atomic E-state index is 11.8. The molecule has 0 saturated carbocycles. The van der Waals surface area contributed by atoms with Crippen LogP contribution in [0.15, 0.2) is 29.2 Å². The Bertz CT molecular complexity index is 523. The van der Waals surface area contributed by atoms with Gasteiger partial charge in [-0.1, -0.05) is 0 Å². The Morgan fingerprint density at radius 3 is 2.32 bits per heavy atom. The zero-order valence-electron chi connectivity index (χ0n) is 11.2. The molecule has 0 saturated heterocycles. The maximum atomic E-state index is 11.8. The average molecular weight is 286 g/mol. The first-order chi connectivity index (χ1) is 8.87. The first kappa shape index (κ1) is 15.6. The van der Waals surface area contributed by atoms with Crippen LogP contribution < -0.4 is 5.32 Å². The van der Waals surface area contributed by atoms with Gasteiger partial charge in [-0.2, -0.15) is 0 Å². The van der Waals surface area contributed by atoms with Gasteiger partial charge in [0.15, 0.2) is 0 Å². The van der Waals surface area contributed by atoms with Crippen LogP contribution in [0.1, 0.15) is 6.92 Å². The molecule has 0 spiro atoms. The molecule has 0 bridgehead atoms. The lowest BCUT2D eigenvalue weighted by Gasteiger charge is -2.12. The number of carbonyl (C=O) groups is 1. The molecule has 0 aliphatic heterocycles. The predicted molar refractivity (Wildman–Crippen MR) is 72.4 cm³/mol. The first-order valence-electron chi connectivity index (χ1n) is 5.78. The van der Waals surface area contributed by atoms with Crippen molar-refractivity contribution in [2.75, 3.05) is 32.6 Å². The fourth-order valence-corrected chi connectivity index (χ4v) is 2.21. The van der Waals surface area contributed by atoms with Gasteiger partial charge < -0.3 is 10.1 Å². The lowest BCUT2D eigenvalue weighted by Crippen LogP contribution is -2.22. The van der Waals surface area contributed by atoms with E-state index >= 15 is 0 Å². The summed E-state index contributed by atoms with van der Waals surface area (Å²) in [4.78, 5) is 11.6. The molecule has 0 fully saturated rings. The highest BCUT2D eigenvalue weighted by Gasteiger charge is 2.16. The van der Waals surface area contributed by atoms with Gasteiger partial charge in [0.05, 0.1) is 4.90 Å². The minimum absolute atomic E-state index is 0.0196. The number of hydrogen-bond acceptors (Lipinski definition) is 4. The van der Waals surface area contributed by atoms with E-state index < -0.39 is 10.0 Å². The molecule has 6 nitrogen and oxygen atoms in total. The van der Waals surface area contributed by atoms with Crippen LogP contribution in [0.25, 0.3) is 0 Å². The molecule has 0 atom stereocenters. The second-order valence-corrected chi connectivity index (χ2v) is 6.15. The Hall–Kier alpha value is -1.44. The van der Waals surface area contributed by atoms with Crippen molar-refractivity contribution in [1.29, 1.82) is 0 Å². The number of sulfonamides is 1. The Morgan fingerprint density at radius 2 is 1.84 bits per heavy atom. The summed E-state index contributed by atoms with van der Waals surface area (Å²) in [5.41, 5.74) is 0.530. The summed E-state index contributed by atoms with van der Waals surface area (Å²) in [7, 11) is -0.510. The van der Waals surface area contributed by atoms with Gasteiger partial charge in [-0.3, -0.25) is 4.79 Å². The van der Waals surface area contributed by atoms with E-state index in [0.717, 1.165) is 4.31 Å². The third-order valence-electron chi connectivity index (χ3n) is 2.35. The largest absolute Gasteiger partial charge is 0.372 e. The number of benzene rings is 1. The third-order valence-corrected chi connectivity index (χ3v) is 4.18. The molecule has 0 heterocycles. The number of ether oxygens (including phenoxy) is 1. The third kappa shape index (κ3) is 4.30. The molecule has 19 heavy (non-hydrogen) atoms. The lowest BCUT2D eigenvalue weighted by atomic mass is 10.3. The molecule has 0 aromatic heterocycles. The van der Waals surface area contributed by atoms with Crippen molar-refractivity contribution in [3.63, 3.8) is 0 Å². The summed E-state index contributed by atoms with van der Waals surface area (Å²) in [5.74, 6) is -0.273. The molecule has 1 aromatic carbocycles. The fourth-order valence-electron chi connectivity index (χ4n) is 1.31. The van der Waals surface area contributed by atoms with Crippen molar-refractivity contribution in [1.82, 2.24) is 4.31 Å². The first-order valence-corrected chi connectivity index (χ1v) is 7.22. The fraction of sp³-hybridized carbons (Fsp3) is 0.417. The van der Waals surface area contributed by atoms with E-state index in [-0.39, 0.29) is 17.4 Å². The number of rotatable bonds is 6. The molecule has 0 aliphatic rings. The highest BCUT2D eigenvalue weighted by atomic mass is 32.2. The van der Waals surface area contributed by atoms with Crippen LogP contribution in [0, 0.1) is 0 Å². The summed E-state index contributed by atoms with van der Waals surface area (Å²) in [5, 5.41) is 2.61. The SMILES string of the molecule is CCOCC(=O)Nc1ccc(S(=O)(=O)N(C)C)cc1. The quantitative estimate of drug-likeness (QED) is 0.843. The van der Waals surface area contributed by atoms with E-state index in [1.807, 2.05) is 0 Å². The molecule has 1 rings (SSSR count). The minimum Gasteiger partial charge on any atom is -0.372 e. The summed E-state index contributed by atoms with van der Waals surface area (Å²) in [6.45, 7) is 2.25. The van der Waals surface area contributed by atoms with Crippen LogP contribution >= 0.6 is 0 Å². The minimum atomic E-state index is -3.44. The number of carbonyl (C=O) groups excluding carboxylic acids is 1. The van der Waals surface area contributed by atoms with E-state index in [4.69, 9.17) is 4.74 Å². The van der Waals surface area contributed by atoms with Crippen molar-refractivity contribution in [2.24, 2.45) is 0 Å². The standard InChI is InChI=1S/C12H18N2O4S/c1-4-18-9-12(15)13-10-5-7-11(8-6-10)19(16,17)14(2)3/h5-8H,4,9H2,1-3H3,(H,13,15). The molecular formula is C12H18N2O4S. The second-order valence-electron chi connectivity index (χ2n) is 4.00. The van der Waals surface area contributed by atoms with Crippen LogP contribution in [-0.4, -0.2) is 45.9 Å². The van der Waals surface area contributed by atoms with Crippen molar-refractivity contribution in [3.05, 3.63) is 24.3 Å². The summed E-state index contributed by atoms with van der Waals surface area (Å²) < 4.78 is 29.7. The van der Waals surface area contributed by atoms with Crippen LogP contribution in [0.5, 0.6) is 0 Å². The Kier molecular flexibility index (Phi) is 5.46. The Balaban J connectivity index is 2.75. The number of nitrogens with zero attached hydrogens (tertiary/aromatic N) is 1. The normalized spacial score (nSPS) is 11.6. The molecule has 1 amide bonds. The summed E-state index contributed by atoms with van der Waals surface area (Å²) in [6, 6.07) is 5.98. The summed E-state index contributed by atoms with van der Waals surface area (Å²) in [6.07, 6.45) is 0. The summed E-state index contributed by atoms with van der Waals surface area (Å²) >= 11 is 0. The molecule has 1 N–H and O–H groups in total. The molecule has 0 aliphatic carbocycles. The van der Waals surface area contributed by atoms with Crippen LogP contribution in [0.4, 0.5) is 5.69 Å². The monoisotopic (exact) mass is 286 g/mol. The molecule has 106 valence electrons.